The second-order valence-corrected chi connectivity index (χ2v) is 5.92. The molecule has 116 valence electrons. The van der Waals surface area contributed by atoms with Crippen LogP contribution in [-0.4, -0.2) is 21.4 Å². The van der Waals surface area contributed by atoms with Crippen LogP contribution in [0.5, 0.6) is 0 Å². The number of pyridine rings is 1. The molecule has 2 aromatic heterocycles. The van der Waals surface area contributed by atoms with Crippen LogP contribution in [0.25, 0.3) is 21.9 Å². The Morgan fingerprint density at radius 2 is 2.09 bits per heavy atom. The average molecular weight is 308 g/mol. The van der Waals surface area contributed by atoms with Crippen molar-refractivity contribution in [3.8, 4) is 0 Å². The van der Waals surface area contributed by atoms with E-state index in [1.807, 2.05) is 41.8 Å². The van der Waals surface area contributed by atoms with Gasteiger partial charge in [0.1, 0.15) is 17.5 Å². The number of nitrogen functional groups attached to an aromatic ring is 1. The van der Waals surface area contributed by atoms with Gasteiger partial charge in [0, 0.05) is 17.2 Å². The summed E-state index contributed by atoms with van der Waals surface area (Å²) in [4.78, 5) is 28.3. The number of piperidine rings is 1. The smallest absolute Gasteiger partial charge is 0.249 e. The van der Waals surface area contributed by atoms with E-state index in [4.69, 9.17) is 5.73 Å². The van der Waals surface area contributed by atoms with Crippen molar-refractivity contribution in [2.24, 2.45) is 0 Å². The number of imide groups is 1. The number of hydrogen-bond acceptors (Lipinski definition) is 4. The number of carbonyl (C=O) groups excluding carboxylic acids is 2. The summed E-state index contributed by atoms with van der Waals surface area (Å²) in [7, 11) is 0. The number of hydrogen-bond donors (Lipinski definition) is 2. The van der Waals surface area contributed by atoms with Crippen LogP contribution >= 0.6 is 0 Å². The van der Waals surface area contributed by atoms with Crippen LogP contribution in [0.4, 0.5) is 5.82 Å². The number of benzene rings is 1. The van der Waals surface area contributed by atoms with E-state index >= 15 is 0 Å². The minimum Gasteiger partial charge on any atom is -0.384 e. The van der Waals surface area contributed by atoms with E-state index < -0.39 is 6.04 Å². The predicted molar refractivity (Wildman–Crippen MR) is 87.8 cm³/mol. The quantitative estimate of drug-likeness (QED) is 0.673. The van der Waals surface area contributed by atoms with Crippen molar-refractivity contribution in [2.75, 3.05) is 5.73 Å². The summed E-state index contributed by atoms with van der Waals surface area (Å²) in [5.41, 5.74) is 8.57. The van der Waals surface area contributed by atoms with Gasteiger partial charge in [-0.15, -0.1) is 0 Å². The standard InChI is InChI=1S/C17H16N4O2/c1-9-8-13(18)19-16-15(9)10-4-2-3-5-11(10)21(16)12-6-7-14(22)20-17(12)23/h2-5,8,12H,6-7H2,1H3,(H2,18,19)(H,20,22,23). The van der Waals surface area contributed by atoms with Crippen LogP contribution in [0.1, 0.15) is 24.4 Å². The maximum atomic E-state index is 12.3. The van der Waals surface area contributed by atoms with E-state index in [0.29, 0.717) is 24.3 Å². The summed E-state index contributed by atoms with van der Waals surface area (Å²) in [6.07, 6.45) is 0.791. The van der Waals surface area contributed by atoms with Gasteiger partial charge in [-0.25, -0.2) is 4.98 Å². The normalized spacial score (nSPS) is 18.6. The van der Waals surface area contributed by atoms with Gasteiger partial charge in [-0.3, -0.25) is 14.9 Å². The number of nitrogens with one attached hydrogen (secondary N) is 1. The summed E-state index contributed by atoms with van der Waals surface area (Å²) in [5, 5.41) is 4.46. The van der Waals surface area contributed by atoms with E-state index in [1.165, 1.54) is 0 Å². The van der Waals surface area contributed by atoms with Crippen LogP contribution in [0.3, 0.4) is 0 Å². The van der Waals surface area contributed by atoms with Crippen LogP contribution in [0, 0.1) is 6.92 Å². The number of aryl methyl sites for hydroxylation is 1. The number of aromatic nitrogens is 2. The first kappa shape index (κ1) is 13.8. The third-order valence-corrected chi connectivity index (χ3v) is 4.40. The van der Waals surface area contributed by atoms with E-state index in [9.17, 15) is 9.59 Å². The third-order valence-electron chi connectivity index (χ3n) is 4.40. The van der Waals surface area contributed by atoms with Crippen molar-refractivity contribution in [1.82, 2.24) is 14.9 Å². The topological polar surface area (TPSA) is 90.0 Å². The number of anilines is 1. The average Bonchev–Trinajstić information content (AvgIpc) is 2.82. The Bertz CT molecular complexity index is 974. The highest BCUT2D eigenvalue weighted by molar-refractivity contribution is 6.10. The van der Waals surface area contributed by atoms with E-state index in [-0.39, 0.29) is 11.8 Å². The van der Waals surface area contributed by atoms with Gasteiger partial charge in [0.2, 0.25) is 11.8 Å². The van der Waals surface area contributed by atoms with Crippen LogP contribution in [-0.2, 0) is 9.59 Å². The number of amides is 2. The SMILES string of the molecule is Cc1cc(N)nc2c1c1ccccc1n2C1CCC(=O)NC1=O. The highest BCUT2D eigenvalue weighted by Crippen LogP contribution is 2.35. The fourth-order valence-corrected chi connectivity index (χ4v) is 3.44. The van der Waals surface area contributed by atoms with Crippen molar-refractivity contribution < 1.29 is 9.59 Å². The minimum absolute atomic E-state index is 0.226. The largest absolute Gasteiger partial charge is 0.384 e. The van der Waals surface area contributed by atoms with Crippen molar-refractivity contribution in [3.05, 3.63) is 35.9 Å². The number of nitrogens with two attached hydrogens (primary N) is 1. The Morgan fingerprint density at radius 3 is 2.87 bits per heavy atom. The van der Waals surface area contributed by atoms with Gasteiger partial charge < -0.3 is 10.3 Å². The molecule has 1 fully saturated rings. The molecule has 6 heteroatoms. The van der Waals surface area contributed by atoms with Gasteiger partial charge >= 0.3 is 0 Å². The van der Waals surface area contributed by atoms with Gasteiger partial charge in [-0.2, -0.15) is 0 Å². The fraction of sp³-hybridized carbons (Fsp3) is 0.235. The highest BCUT2D eigenvalue weighted by atomic mass is 16.2. The zero-order valence-corrected chi connectivity index (χ0v) is 12.7. The van der Waals surface area contributed by atoms with Gasteiger partial charge in [0.15, 0.2) is 0 Å². The molecule has 3 heterocycles. The lowest BCUT2D eigenvalue weighted by atomic mass is 10.1. The van der Waals surface area contributed by atoms with Crippen molar-refractivity contribution in [2.45, 2.75) is 25.8 Å². The molecule has 1 aliphatic rings. The molecule has 23 heavy (non-hydrogen) atoms. The molecular formula is C17H16N4O2. The molecule has 6 nitrogen and oxygen atoms in total. The summed E-state index contributed by atoms with van der Waals surface area (Å²) in [6.45, 7) is 1.99. The van der Waals surface area contributed by atoms with Crippen LogP contribution < -0.4 is 11.1 Å². The Morgan fingerprint density at radius 1 is 1.30 bits per heavy atom. The first-order chi connectivity index (χ1) is 11.1. The molecule has 0 radical (unpaired) electrons. The lowest BCUT2D eigenvalue weighted by Gasteiger charge is -2.23. The molecule has 2 amide bonds. The van der Waals surface area contributed by atoms with E-state index in [1.54, 1.807) is 0 Å². The molecule has 3 aromatic rings. The minimum atomic E-state index is -0.455. The molecule has 4 rings (SSSR count). The monoisotopic (exact) mass is 308 g/mol. The molecule has 1 aromatic carbocycles. The molecular weight excluding hydrogens is 292 g/mol. The number of nitrogens with zero attached hydrogens (tertiary/aromatic N) is 2. The molecule has 0 saturated carbocycles. The van der Waals surface area contributed by atoms with Gasteiger partial charge in [-0.05, 0) is 31.0 Å². The highest BCUT2D eigenvalue weighted by Gasteiger charge is 2.31. The zero-order chi connectivity index (χ0) is 16.1. The molecule has 0 bridgehead atoms. The number of para-hydroxylation sites is 1. The van der Waals surface area contributed by atoms with E-state index in [2.05, 4.69) is 10.3 Å². The van der Waals surface area contributed by atoms with Crippen LogP contribution in [0.15, 0.2) is 30.3 Å². The van der Waals surface area contributed by atoms with Crippen molar-refractivity contribution in [1.29, 1.82) is 0 Å². The van der Waals surface area contributed by atoms with Gasteiger partial charge in [0.05, 0.1) is 5.52 Å². The summed E-state index contributed by atoms with van der Waals surface area (Å²) in [5.74, 6) is -0.0900. The number of fused-ring (bicyclic) bond motifs is 3. The molecule has 0 spiro atoms. The summed E-state index contributed by atoms with van der Waals surface area (Å²) >= 11 is 0. The van der Waals surface area contributed by atoms with Crippen LogP contribution in [0.2, 0.25) is 0 Å². The summed E-state index contributed by atoms with van der Waals surface area (Å²) in [6, 6.07) is 9.27. The fourth-order valence-electron chi connectivity index (χ4n) is 3.44. The zero-order valence-electron chi connectivity index (χ0n) is 12.7. The molecule has 1 aliphatic heterocycles. The Labute approximate surface area is 132 Å². The summed E-state index contributed by atoms with van der Waals surface area (Å²) < 4.78 is 1.91. The lowest BCUT2D eigenvalue weighted by Crippen LogP contribution is -2.41. The third kappa shape index (κ3) is 1.98. The molecule has 1 unspecified atom stereocenters. The first-order valence-corrected chi connectivity index (χ1v) is 7.55. The lowest BCUT2D eigenvalue weighted by molar-refractivity contribution is -0.135. The Balaban J connectivity index is 2.08. The van der Waals surface area contributed by atoms with Crippen molar-refractivity contribution >= 4 is 39.6 Å². The van der Waals surface area contributed by atoms with Gasteiger partial charge in [-0.1, -0.05) is 18.2 Å². The molecule has 1 atom stereocenters. The first-order valence-electron chi connectivity index (χ1n) is 7.55. The molecule has 0 aliphatic carbocycles. The Kier molecular flexibility index (Phi) is 2.87. The molecule has 1 saturated heterocycles. The van der Waals surface area contributed by atoms with Gasteiger partial charge in [0.25, 0.3) is 0 Å². The second kappa shape index (κ2) is 4.81. The van der Waals surface area contributed by atoms with E-state index in [0.717, 1.165) is 21.9 Å². The maximum absolute atomic E-state index is 12.3. The predicted octanol–water partition coefficient (Wildman–Crippen LogP) is 2.06. The Hall–Kier alpha value is -2.89. The maximum Gasteiger partial charge on any atom is 0.249 e. The number of rotatable bonds is 1. The number of carbonyl (C=O) groups is 2. The van der Waals surface area contributed by atoms with Crippen molar-refractivity contribution in [3.63, 3.8) is 0 Å². The molecule has 3 N–H and O–H groups in total. The second-order valence-electron chi connectivity index (χ2n) is 5.92.